The number of hydrogen-bond acceptors (Lipinski definition) is 6. The van der Waals surface area contributed by atoms with Crippen molar-refractivity contribution in [3.63, 3.8) is 0 Å². The standard InChI is InChI=1S/C23H37N5O/c1-8-10-11-14-29-23-22(24-7)28-20(18(9-2)27-23)17-12-13-19(15(3)4)26-21(17)25-16(5)6/h12-13,15-16H,8-11,14H2,1-7H3,(H,24,28)(H,25,26). The minimum atomic E-state index is 0.270. The lowest BCUT2D eigenvalue weighted by atomic mass is 10.0. The summed E-state index contributed by atoms with van der Waals surface area (Å²) in [6.07, 6.45) is 4.11. The van der Waals surface area contributed by atoms with E-state index in [4.69, 9.17) is 19.7 Å². The molecule has 6 heteroatoms. The molecule has 160 valence electrons. The zero-order valence-corrected chi connectivity index (χ0v) is 19.1. The van der Waals surface area contributed by atoms with Crippen molar-refractivity contribution in [1.29, 1.82) is 0 Å². The van der Waals surface area contributed by atoms with Crippen LogP contribution >= 0.6 is 0 Å². The Morgan fingerprint density at radius 1 is 0.966 bits per heavy atom. The summed E-state index contributed by atoms with van der Waals surface area (Å²) in [5.41, 5.74) is 3.80. The minimum absolute atomic E-state index is 0.270. The molecule has 0 amide bonds. The molecule has 0 atom stereocenters. The number of aryl methyl sites for hydroxylation is 1. The molecule has 2 N–H and O–H groups in total. The van der Waals surface area contributed by atoms with Gasteiger partial charge in [-0.25, -0.2) is 15.0 Å². The van der Waals surface area contributed by atoms with E-state index in [0.717, 1.165) is 54.1 Å². The second-order valence-corrected chi connectivity index (χ2v) is 7.92. The molecule has 0 saturated heterocycles. The van der Waals surface area contributed by atoms with Crippen molar-refractivity contribution in [3.05, 3.63) is 23.5 Å². The summed E-state index contributed by atoms with van der Waals surface area (Å²) in [5.74, 6) is 2.46. The molecule has 2 heterocycles. The van der Waals surface area contributed by atoms with Crippen molar-refractivity contribution in [1.82, 2.24) is 15.0 Å². The number of ether oxygens (including phenoxy) is 1. The Balaban J connectivity index is 2.50. The number of pyridine rings is 1. The van der Waals surface area contributed by atoms with Crippen LogP contribution in [0.2, 0.25) is 0 Å². The molecule has 2 aromatic rings. The molecule has 2 aromatic heterocycles. The van der Waals surface area contributed by atoms with Crippen LogP contribution in [0.15, 0.2) is 12.1 Å². The molecule has 0 aliphatic rings. The molecule has 0 unspecified atom stereocenters. The summed E-state index contributed by atoms with van der Waals surface area (Å²) in [6, 6.07) is 4.46. The van der Waals surface area contributed by atoms with Gasteiger partial charge in [-0.15, -0.1) is 0 Å². The van der Waals surface area contributed by atoms with Crippen LogP contribution in [0, 0.1) is 0 Å². The van der Waals surface area contributed by atoms with Crippen molar-refractivity contribution in [3.8, 4) is 17.1 Å². The molecular formula is C23H37N5O. The zero-order valence-electron chi connectivity index (χ0n) is 19.1. The van der Waals surface area contributed by atoms with Crippen LogP contribution in [0.3, 0.4) is 0 Å². The van der Waals surface area contributed by atoms with Gasteiger partial charge in [0.1, 0.15) is 5.82 Å². The summed E-state index contributed by atoms with van der Waals surface area (Å²) in [5, 5.41) is 6.64. The van der Waals surface area contributed by atoms with Crippen LogP contribution in [0.25, 0.3) is 11.3 Å². The maximum Gasteiger partial charge on any atom is 0.257 e. The summed E-state index contributed by atoms with van der Waals surface area (Å²) in [4.78, 5) is 14.6. The molecule has 0 aromatic carbocycles. The molecule has 6 nitrogen and oxygen atoms in total. The van der Waals surface area contributed by atoms with E-state index in [9.17, 15) is 0 Å². The van der Waals surface area contributed by atoms with E-state index < -0.39 is 0 Å². The first-order valence-corrected chi connectivity index (χ1v) is 10.9. The number of nitrogens with one attached hydrogen (secondary N) is 2. The Morgan fingerprint density at radius 2 is 1.72 bits per heavy atom. The number of hydrogen-bond donors (Lipinski definition) is 2. The average molecular weight is 400 g/mol. The predicted molar refractivity (Wildman–Crippen MR) is 122 cm³/mol. The van der Waals surface area contributed by atoms with Gasteiger partial charge in [-0.3, -0.25) is 0 Å². The highest BCUT2D eigenvalue weighted by Crippen LogP contribution is 2.33. The maximum absolute atomic E-state index is 5.94. The van der Waals surface area contributed by atoms with Crippen LogP contribution in [0.4, 0.5) is 11.6 Å². The molecule has 0 bridgehead atoms. The normalized spacial score (nSPS) is 11.2. The second-order valence-electron chi connectivity index (χ2n) is 7.92. The Hall–Kier alpha value is -2.37. The van der Waals surface area contributed by atoms with Crippen LogP contribution in [-0.2, 0) is 6.42 Å². The second kappa shape index (κ2) is 11.0. The monoisotopic (exact) mass is 399 g/mol. The summed E-state index contributed by atoms with van der Waals surface area (Å²) in [7, 11) is 1.85. The summed E-state index contributed by atoms with van der Waals surface area (Å²) >= 11 is 0. The van der Waals surface area contributed by atoms with Gasteiger partial charge in [-0.2, -0.15) is 0 Å². The van der Waals surface area contributed by atoms with E-state index in [-0.39, 0.29) is 6.04 Å². The lowest BCUT2D eigenvalue weighted by molar-refractivity contribution is 0.294. The van der Waals surface area contributed by atoms with Gasteiger partial charge in [-0.1, -0.05) is 40.5 Å². The molecule has 0 fully saturated rings. The highest BCUT2D eigenvalue weighted by molar-refractivity contribution is 5.76. The van der Waals surface area contributed by atoms with Crippen molar-refractivity contribution in [2.75, 3.05) is 24.3 Å². The van der Waals surface area contributed by atoms with E-state index in [1.165, 1.54) is 0 Å². The Bertz CT molecular complexity index is 789. The number of anilines is 2. The lowest BCUT2D eigenvalue weighted by Crippen LogP contribution is -2.14. The molecule has 29 heavy (non-hydrogen) atoms. The van der Waals surface area contributed by atoms with Gasteiger partial charge in [-0.05, 0) is 44.7 Å². The molecule has 0 aliphatic heterocycles. The molecule has 2 rings (SSSR count). The fraction of sp³-hybridized carbons (Fsp3) is 0.609. The topological polar surface area (TPSA) is 72.0 Å². The molecule has 0 aliphatic carbocycles. The fourth-order valence-corrected chi connectivity index (χ4v) is 3.07. The summed E-state index contributed by atoms with van der Waals surface area (Å²) in [6.45, 7) is 13.5. The predicted octanol–water partition coefficient (Wildman–Crippen LogP) is 5.66. The highest BCUT2D eigenvalue weighted by atomic mass is 16.5. The van der Waals surface area contributed by atoms with Gasteiger partial charge in [0.05, 0.1) is 18.0 Å². The Kier molecular flexibility index (Phi) is 8.68. The van der Waals surface area contributed by atoms with Crippen molar-refractivity contribution >= 4 is 11.6 Å². The van der Waals surface area contributed by atoms with E-state index in [0.29, 0.717) is 24.2 Å². The van der Waals surface area contributed by atoms with E-state index in [2.05, 4.69) is 64.3 Å². The highest BCUT2D eigenvalue weighted by Gasteiger charge is 2.19. The number of rotatable bonds is 11. The van der Waals surface area contributed by atoms with Gasteiger partial charge in [0, 0.05) is 24.3 Å². The van der Waals surface area contributed by atoms with Crippen LogP contribution in [-0.4, -0.2) is 34.6 Å². The third kappa shape index (κ3) is 6.05. The van der Waals surface area contributed by atoms with E-state index in [1.807, 2.05) is 7.05 Å². The molecule has 0 spiro atoms. The van der Waals surface area contributed by atoms with Crippen LogP contribution in [0.5, 0.6) is 5.88 Å². The zero-order chi connectivity index (χ0) is 21.4. The number of nitrogens with zero attached hydrogens (tertiary/aromatic N) is 3. The van der Waals surface area contributed by atoms with Gasteiger partial charge < -0.3 is 15.4 Å². The lowest BCUT2D eigenvalue weighted by Gasteiger charge is -2.19. The van der Waals surface area contributed by atoms with E-state index >= 15 is 0 Å². The third-order valence-electron chi connectivity index (χ3n) is 4.68. The van der Waals surface area contributed by atoms with E-state index in [1.54, 1.807) is 0 Å². The Labute approximate surface area is 175 Å². The largest absolute Gasteiger partial charge is 0.475 e. The van der Waals surface area contributed by atoms with Crippen molar-refractivity contribution in [2.45, 2.75) is 79.2 Å². The van der Waals surface area contributed by atoms with Crippen molar-refractivity contribution in [2.24, 2.45) is 0 Å². The van der Waals surface area contributed by atoms with Gasteiger partial charge in [0.25, 0.3) is 5.88 Å². The average Bonchev–Trinajstić information content (AvgIpc) is 2.70. The summed E-state index contributed by atoms with van der Waals surface area (Å²) < 4.78 is 5.94. The third-order valence-corrected chi connectivity index (χ3v) is 4.68. The SMILES string of the molecule is CCCCCOc1nc(CC)c(-c2ccc(C(C)C)nc2NC(C)C)nc1NC. The molecule has 0 saturated carbocycles. The quantitative estimate of drug-likeness (QED) is 0.475. The minimum Gasteiger partial charge on any atom is -0.475 e. The van der Waals surface area contributed by atoms with Gasteiger partial charge in [0.15, 0.2) is 5.82 Å². The fourth-order valence-electron chi connectivity index (χ4n) is 3.07. The van der Waals surface area contributed by atoms with Crippen LogP contribution < -0.4 is 15.4 Å². The first-order chi connectivity index (χ1) is 13.9. The smallest absolute Gasteiger partial charge is 0.257 e. The maximum atomic E-state index is 5.94. The van der Waals surface area contributed by atoms with Crippen LogP contribution in [0.1, 0.15) is 78.1 Å². The first kappa shape index (κ1) is 22.9. The molecule has 0 radical (unpaired) electrons. The van der Waals surface area contributed by atoms with Gasteiger partial charge in [0.2, 0.25) is 0 Å². The molecular weight excluding hydrogens is 362 g/mol. The van der Waals surface area contributed by atoms with Gasteiger partial charge >= 0.3 is 0 Å². The van der Waals surface area contributed by atoms with Crippen molar-refractivity contribution < 1.29 is 4.74 Å². The number of unbranched alkanes of at least 4 members (excludes halogenated alkanes) is 2. The number of aromatic nitrogens is 3. The first-order valence-electron chi connectivity index (χ1n) is 10.9. The Morgan fingerprint density at radius 3 is 2.31 bits per heavy atom.